The Morgan fingerprint density at radius 3 is 2.44 bits per heavy atom. The number of ether oxygens (including phenoxy) is 1. The molecule has 9 heteroatoms. The molecule has 0 radical (unpaired) electrons. The Kier molecular flexibility index (Phi) is 7.40. The van der Waals surface area contributed by atoms with Crippen LogP contribution in [0.3, 0.4) is 0 Å². The van der Waals surface area contributed by atoms with Gasteiger partial charge in [0.1, 0.15) is 10.5 Å². The summed E-state index contributed by atoms with van der Waals surface area (Å²) >= 11 is 0. The Morgan fingerprint density at radius 2 is 1.81 bits per heavy atom. The second kappa shape index (κ2) is 9.87. The largest absolute Gasteiger partial charge is 0.462 e. The molecule has 1 aliphatic rings. The second-order valence-electron chi connectivity index (χ2n) is 7.90. The molecule has 8 nitrogen and oxygen atoms in total. The molecule has 3 rings (SSSR count). The number of nitrogens with one attached hydrogen (secondary N) is 1. The summed E-state index contributed by atoms with van der Waals surface area (Å²) < 4.78 is 35.7. The minimum absolute atomic E-state index is 0.0144. The van der Waals surface area contributed by atoms with Crippen molar-refractivity contribution in [3.8, 4) is 0 Å². The lowest BCUT2D eigenvalue weighted by Gasteiger charge is -2.31. The third-order valence-corrected chi connectivity index (χ3v) is 7.94. The number of para-hydroxylation sites is 1. The first-order chi connectivity index (χ1) is 15.2. The molecule has 1 saturated heterocycles. The molecule has 0 saturated carbocycles. The van der Waals surface area contributed by atoms with Crippen molar-refractivity contribution in [2.45, 2.75) is 52.0 Å². The number of esters is 1. The highest BCUT2D eigenvalue weighted by Crippen LogP contribution is 2.32. The molecule has 1 amide bonds. The number of carbonyl (C=O) groups excluding carboxylic acids is 2. The number of hydrogen-bond acceptors (Lipinski definition) is 5. The van der Waals surface area contributed by atoms with Crippen molar-refractivity contribution in [1.82, 2.24) is 8.87 Å². The molecule has 32 heavy (non-hydrogen) atoms. The zero-order valence-electron chi connectivity index (χ0n) is 19.1. The van der Waals surface area contributed by atoms with Crippen LogP contribution >= 0.6 is 0 Å². The van der Waals surface area contributed by atoms with E-state index in [0.717, 1.165) is 0 Å². The average molecular weight is 462 g/mol. The molecule has 1 fully saturated rings. The fourth-order valence-corrected chi connectivity index (χ4v) is 6.33. The molecule has 2 heterocycles. The van der Waals surface area contributed by atoms with Gasteiger partial charge in [0.15, 0.2) is 0 Å². The van der Waals surface area contributed by atoms with Gasteiger partial charge in [-0.3, -0.25) is 4.79 Å². The van der Waals surface area contributed by atoms with Gasteiger partial charge in [0.05, 0.1) is 12.5 Å². The summed E-state index contributed by atoms with van der Waals surface area (Å²) in [7, 11) is -4.01. The third-order valence-electron chi connectivity index (χ3n) is 5.92. The van der Waals surface area contributed by atoms with Crippen LogP contribution in [0.2, 0.25) is 0 Å². The van der Waals surface area contributed by atoms with Crippen LogP contribution in [-0.2, 0) is 26.1 Å². The normalized spacial score (nSPS) is 17.2. The van der Waals surface area contributed by atoms with Crippen molar-refractivity contribution >= 4 is 27.6 Å². The number of amides is 1. The molecule has 1 N–H and O–H groups in total. The Labute approximate surface area is 189 Å². The molecule has 1 aromatic carbocycles. The first-order valence-electron chi connectivity index (χ1n) is 10.9. The molecule has 0 spiro atoms. The molecule has 2 aromatic rings. The minimum Gasteiger partial charge on any atom is -0.462 e. The summed E-state index contributed by atoms with van der Waals surface area (Å²) in [5, 5.41) is 2.86. The van der Waals surface area contributed by atoms with E-state index < -0.39 is 21.9 Å². The third kappa shape index (κ3) is 4.59. The smallest absolute Gasteiger partial charge is 0.341 e. The quantitative estimate of drug-likeness (QED) is 0.638. The van der Waals surface area contributed by atoms with Crippen molar-refractivity contribution in [2.24, 2.45) is 5.92 Å². The standard InChI is InChI=1S/C23H31N3O5S/c1-5-26-16(3)20(23(28)31-6-2)21(17(26)4)32(29,30)25-14-10-11-18(15-25)22(27)24-19-12-8-7-9-13-19/h7-9,12-13,18H,5-6,10-11,14-15H2,1-4H3,(H,24,27). The summed E-state index contributed by atoms with van der Waals surface area (Å²) in [6, 6.07) is 9.10. The summed E-state index contributed by atoms with van der Waals surface area (Å²) in [6.07, 6.45) is 1.16. The van der Waals surface area contributed by atoms with Gasteiger partial charge >= 0.3 is 5.97 Å². The first-order valence-corrected chi connectivity index (χ1v) is 12.4. The molecule has 1 aromatic heterocycles. The topological polar surface area (TPSA) is 97.7 Å². The molecule has 1 unspecified atom stereocenters. The van der Waals surface area contributed by atoms with E-state index in [9.17, 15) is 18.0 Å². The number of aromatic nitrogens is 1. The maximum Gasteiger partial charge on any atom is 0.341 e. The number of rotatable bonds is 7. The fraction of sp³-hybridized carbons (Fsp3) is 0.478. The van der Waals surface area contributed by atoms with Crippen molar-refractivity contribution < 1.29 is 22.7 Å². The van der Waals surface area contributed by atoms with Crippen LogP contribution in [0, 0.1) is 19.8 Å². The Hall–Kier alpha value is -2.65. The molecular formula is C23H31N3O5S. The van der Waals surface area contributed by atoms with Crippen LogP contribution in [-0.4, -0.2) is 48.9 Å². The Balaban J connectivity index is 1.92. The highest BCUT2D eigenvalue weighted by Gasteiger charge is 2.39. The fourth-order valence-electron chi connectivity index (χ4n) is 4.36. The highest BCUT2D eigenvalue weighted by molar-refractivity contribution is 7.89. The number of nitrogens with zero attached hydrogens (tertiary/aromatic N) is 2. The van der Waals surface area contributed by atoms with E-state index in [4.69, 9.17) is 4.74 Å². The van der Waals surface area contributed by atoms with Gasteiger partial charge in [0.2, 0.25) is 15.9 Å². The minimum atomic E-state index is -4.01. The lowest BCUT2D eigenvalue weighted by atomic mass is 9.99. The number of carbonyl (C=O) groups is 2. The Morgan fingerprint density at radius 1 is 1.12 bits per heavy atom. The zero-order valence-corrected chi connectivity index (χ0v) is 19.9. The maximum absolute atomic E-state index is 13.7. The Bertz CT molecular complexity index is 1090. The van der Waals surface area contributed by atoms with Gasteiger partial charge in [-0.25, -0.2) is 13.2 Å². The monoisotopic (exact) mass is 461 g/mol. The molecule has 0 bridgehead atoms. The van der Waals surface area contributed by atoms with E-state index in [1.54, 1.807) is 32.9 Å². The van der Waals surface area contributed by atoms with Gasteiger partial charge < -0.3 is 14.6 Å². The van der Waals surface area contributed by atoms with Crippen LogP contribution < -0.4 is 5.32 Å². The van der Waals surface area contributed by atoms with E-state index in [-0.39, 0.29) is 29.5 Å². The lowest BCUT2D eigenvalue weighted by Crippen LogP contribution is -2.44. The van der Waals surface area contributed by atoms with Crippen molar-refractivity contribution in [3.63, 3.8) is 0 Å². The molecule has 0 aliphatic carbocycles. The average Bonchev–Trinajstić information content (AvgIpc) is 3.04. The predicted molar refractivity (Wildman–Crippen MR) is 122 cm³/mol. The van der Waals surface area contributed by atoms with Gasteiger partial charge in [0, 0.05) is 36.7 Å². The van der Waals surface area contributed by atoms with Gasteiger partial charge in [-0.05, 0) is 52.7 Å². The molecule has 1 aliphatic heterocycles. The summed E-state index contributed by atoms with van der Waals surface area (Å²) in [6.45, 7) is 8.07. The van der Waals surface area contributed by atoms with E-state index in [1.165, 1.54) is 4.31 Å². The van der Waals surface area contributed by atoms with E-state index in [0.29, 0.717) is 43.0 Å². The van der Waals surface area contributed by atoms with E-state index >= 15 is 0 Å². The van der Waals surface area contributed by atoms with Crippen LogP contribution in [0.5, 0.6) is 0 Å². The van der Waals surface area contributed by atoms with Gasteiger partial charge in [0.25, 0.3) is 0 Å². The summed E-state index contributed by atoms with van der Waals surface area (Å²) in [4.78, 5) is 25.5. The number of anilines is 1. The summed E-state index contributed by atoms with van der Waals surface area (Å²) in [5.41, 5.74) is 1.83. The lowest BCUT2D eigenvalue weighted by molar-refractivity contribution is -0.120. The number of sulfonamides is 1. The highest BCUT2D eigenvalue weighted by atomic mass is 32.2. The SMILES string of the molecule is CCOC(=O)c1c(S(=O)(=O)N2CCCC(C(=O)Nc3ccccc3)C2)c(C)n(CC)c1C. The van der Waals surface area contributed by atoms with Crippen molar-refractivity contribution in [1.29, 1.82) is 0 Å². The summed E-state index contributed by atoms with van der Waals surface area (Å²) in [5.74, 6) is -1.32. The van der Waals surface area contributed by atoms with Gasteiger partial charge in [-0.1, -0.05) is 18.2 Å². The number of piperidine rings is 1. The van der Waals surface area contributed by atoms with Crippen LogP contribution in [0.1, 0.15) is 48.4 Å². The van der Waals surface area contributed by atoms with Crippen molar-refractivity contribution in [2.75, 3.05) is 25.0 Å². The number of hydrogen-bond donors (Lipinski definition) is 1. The first kappa shape index (κ1) is 24.0. The van der Waals surface area contributed by atoms with Crippen LogP contribution in [0.4, 0.5) is 5.69 Å². The van der Waals surface area contributed by atoms with Crippen molar-refractivity contribution in [3.05, 3.63) is 47.3 Å². The zero-order chi connectivity index (χ0) is 23.5. The van der Waals surface area contributed by atoms with Gasteiger partial charge in [-0.15, -0.1) is 0 Å². The number of benzene rings is 1. The second-order valence-corrected chi connectivity index (χ2v) is 9.77. The molecule has 1 atom stereocenters. The molecule has 174 valence electrons. The van der Waals surface area contributed by atoms with Gasteiger partial charge in [-0.2, -0.15) is 4.31 Å². The van der Waals surface area contributed by atoms with Crippen LogP contribution in [0.15, 0.2) is 35.2 Å². The molecular weight excluding hydrogens is 430 g/mol. The predicted octanol–water partition coefficient (Wildman–Crippen LogP) is 3.34. The van der Waals surface area contributed by atoms with E-state index in [1.807, 2.05) is 29.7 Å². The maximum atomic E-state index is 13.7. The van der Waals surface area contributed by atoms with Crippen LogP contribution in [0.25, 0.3) is 0 Å². The van der Waals surface area contributed by atoms with E-state index in [2.05, 4.69) is 5.32 Å².